The van der Waals surface area contributed by atoms with Gasteiger partial charge in [0.1, 0.15) is 0 Å². The molecule has 1 aromatic carbocycles. The van der Waals surface area contributed by atoms with Crippen LogP contribution < -0.4 is 5.32 Å². The van der Waals surface area contributed by atoms with E-state index in [1.54, 1.807) is 30.3 Å². The third-order valence-corrected chi connectivity index (χ3v) is 2.66. The molecule has 0 aliphatic heterocycles. The Morgan fingerprint density at radius 1 is 1.15 bits per heavy atom. The number of anilines is 1. The van der Waals surface area contributed by atoms with E-state index in [4.69, 9.17) is 0 Å². The Kier molecular flexibility index (Phi) is 4.39. The first-order chi connectivity index (χ1) is 9.69. The van der Waals surface area contributed by atoms with Crippen LogP contribution in [-0.4, -0.2) is 17.2 Å². The molecule has 0 atom stereocenters. The summed E-state index contributed by atoms with van der Waals surface area (Å²) < 4.78 is 0. The summed E-state index contributed by atoms with van der Waals surface area (Å²) in [5, 5.41) is 2.66. The van der Waals surface area contributed by atoms with E-state index in [0.29, 0.717) is 23.2 Å². The maximum Gasteiger partial charge on any atom is 0.248 e. The fourth-order valence-electron chi connectivity index (χ4n) is 1.71. The van der Waals surface area contributed by atoms with Crippen molar-refractivity contribution in [3.8, 4) is 0 Å². The lowest BCUT2D eigenvalue weighted by molar-refractivity contribution is -0.111. The number of pyridine rings is 1. The second kappa shape index (κ2) is 6.43. The van der Waals surface area contributed by atoms with Crippen LogP contribution in [0.2, 0.25) is 0 Å². The first kappa shape index (κ1) is 13.7. The molecule has 0 spiro atoms. The van der Waals surface area contributed by atoms with Gasteiger partial charge >= 0.3 is 0 Å². The normalized spacial score (nSPS) is 10.4. The Morgan fingerprint density at radius 3 is 2.70 bits per heavy atom. The fraction of sp³-hybridized carbons (Fsp3) is 0.0625. The molecule has 1 aromatic heterocycles. The molecule has 2 aromatic rings. The summed E-state index contributed by atoms with van der Waals surface area (Å²) in [7, 11) is 0. The second-order valence-corrected chi connectivity index (χ2v) is 4.23. The summed E-state index contributed by atoms with van der Waals surface area (Å²) in [4.78, 5) is 26.9. The number of carbonyl (C=O) groups is 2. The van der Waals surface area contributed by atoms with Gasteiger partial charge in [-0.3, -0.25) is 14.6 Å². The quantitative estimate of drug-likeness (QED) is 0.683. The number of nitrogens with zero attached hydrogens (tertiary/aromatic N) is 1. The molecule has 0 unspecified atom stereocenters. The summed E-state index contributed by atoms with van der Waals surface area (Å²) >= 11 is 0. The highest BCUT2D eigenvalue weighted by molar-refractivity contribution is 6.04. The SMILES string of the molecule is Cc1cccc(/C=C/C(=O)Nc2ccccc2C=O)n1. The van der Waals surface area contributed by atoms with E-state index in [1.165, 1.54) is 6.08 Å². The molecule has 0 bridgehead atoms. The van der Waals surface area contributed by atoms with Gasteiger partial charge in [-0.1, -0.05) is 18.2 Å². The summed E-state index contributed by atoms with van der Waals surface area (Å²) in [5.74, 6) is -0.303. The third-order valence-electron chi connectivity index (χ3n) is 2.66. The monoisotopic (exact) mass is 266 g/mol. The van der Waals surface area contributed by atoms with Crippen LogP contribution in [0.3, 0.4) is 0 Å². The molecule has 4 nitrogen and oxygen atoms in total. The predicted molar refractivity (Wildman–Crippen MR) is 78.5 cm³/mol. The Bertz CT molecular complexity index is 663. The minimum Gasteiger partial charge on any atom is -0.322 e. The number of rotatable bonds is 4. The molecule has 2 rings (SSSR count). The predicted octanol–water partition coefficient (Wildman–Crippen LogP) is 2.85. The Balaban J connectivity index is 2.07. The summed E-state index contributed by atoms with van der Waals surface area (Å²) in [5.41, 5.74) is 2.54. The molecular formula is C16H14N2O2. The molecule has 0 fully saturated rings. The van der Waals surface area contributed by atoms with Gasteiger partial charge in [0.25, 0.3) is 0 Å². The number of para-hydroxylation sites is 1. The molecular weight excluding hydrogens is 252 g/mol. The Morgan fingerprint density at radius 2 is 1.95 bits per heavy atom. The zero-order valence-corrected chi connectivity index (χ0v) is 11.0. The van der Waals surface area contributed by atoms with Gasteiger partial charge in [-0.15, -0.1) is 0 Å². The lowest BCUT2D eigenvalue weighted by atomic mass is 10.2. The molecule has 4 heteroatoms. The molecule has 0 aliphatic rings. The Hall–Kier alpha value is -2.75. The lowest BCUT2D eigenvalue weighted by Gasteiger charge is -2.04. The van der Waals surface area contributed by atoms with E-state index >= 15 is 0 Å². The van der Waals surface area contributed by atoms with Gasteiger partial charge in [0.2, 0.25) is 5.91 Å². The molecule has 1 amide bonds. The van der Waals surface area contributed by atoms with Crippen molar-refractivity contribution < 1.29 is 9.59 Å². The number of aldehydes is 1. The molecule has 1 heterocycles. The highest BCUT2D eigenvalue weighted by Gasteiger charge is 2.02. The Labute approximate surface area is 117 Å². The first-order valence-electron chi connectivity index (χ1n) is 6.16. The maximum atomic E-state index is 11.8. The standard InChI is InChI=1S/C16H14N2O2/c1-12-5-4-7-14(17-12)9-10-16(20)18-15-8-3-2-6-13(15)11-19/h2-11H,1H3,(H,18,20)/b10-9+. The average Bonchev–Trinajstić information content (AvgIpc) is 2.46. The molecule has 0 radical (unpaired) electrons. The van der Waals surface area contributed by atoms with Crippen LogP contribution in [0, 0.1) is 6.92 Å². The van der Waals surface area contributed by atoms with E-state index < -0.39 is 0 Å². The van der Waals surface area contributed by atoms with Crippen LogP contribution in [0.1, 0.15) is 21.7 Å². The van der Waals surface area contributed by atoms with Gasteiger partial charge in [-0.2, -0.15) is 0 Å². The average molecular weight is 266 g/mol. The number of amides is 1. The minimum absolute atomic E-state index is 0.303. The molecule has 1 N–H and O–H groups in total. The van der Waals surface area contributed by atoms with Crippen molar-refractivity contribution in [1.82, 2.24) is 4.98 Å². The number of hydrogen-bond donors (Lipinski definition) is 1. The smallest absolute Gasteiger partial charge is 0.248 e. The lowest BCUT2D eigenvalue weighted by Crippen LogP contribution is -2.09. The van der Waals surface area contributed by atoms with Crippen LogP contribution in [0.25, 0.3) is 6.08 Å². The first-order valence-corrected chi connectivity index (χ1v) is 6.16. The zero-order chi connectivity index (χ0) is 14.4. The van der Waals surface area contributed by atoms with Gasteiger partial charge in [-0.25, -0.2) is 0 Å². The summed E-state index contributed by atoms with van der Waals surface area (Å²) in [6.07, 6.45) is 3.73. The van der Waals surface area contributed by atoms with Gasteiger partial charge in [0.15, 0.2) is 6.29 Å². The minimum atomic E-state index is -0.303. The molecule has 0 saturated carbocycles. The van der Waals surface area contributed by atoms with Gasteiger partial charge in [0, 0.05) is 17.3 Å². The van der Waals surface area contributed by atoms with Crippen LogP contribution in [0.4, 0.5) is 5.69 Å². The van der Waals surface area contributed by atoms with E-state index in [2.05, 4.69) is 10.3 Å². The number of aromatic nitrogens is 1. The molecule has 20 heavy (non-hydrogen) atoms. The van der Waals surface area contributed by atoms with E-state index in [9.17, 15) is 9.59 Å². The van der Waals surface area contributed by atoms with Crippen LogP contribution in [0.15, 0.2) is 48.5 Å². The van der Waals surface area contributed by atoms with Gasteiger partial charge in [-0.05, 0) is 37.3 Å². The third kappa shape index (κ3) is 3.62. The van der Waals surface area contributed by atoms with Crippen LogP contribution in [0.5, 0.6) is 0 Å². The van der Waals surface area contributed by atoms with Crippen LogP contribution >= 0.6 is 0 Å². The summed E-state index contributed by atoms with van der Waals surface area (Å²) in [6, 6.07) is 12.4. The summed E-state index contributed by atoms with van der Waals surface area (Å²) in [6.45, 7) is 1.89. The number of aryl methyl sites for hydroxylation is 1. The van der Waals surface area contributed by atoms with Crippen LogP contribution in [-0.2, 0) is 4.79 Å². The molecule has 0 saturated heterocycles. The van der Waals surface area contributed by atoms with Gasteiger partial charge in [0.05, 0.1) is 11.4 Å². The van der Waals surface area contributed by atoms with Crippen molar-refractivity contribution in [1.29, 1.82) is 0 Å². The van der Waals surface area contributed by atoms with Crippen molar-refractivity contribution >= 4 is 24.0 Å². The van der Waals surface area contributed by atoms with Crippen molar-refractivity contribution in [2.24, 2.45) is 0 Å². The van der Waals surface area contributed by atoms with E-state index in [1.807, 2.05) is 25.1 Å². The van der Waals surface area contributed by atoms with Crippen molar-refractivity contribution in [3.63, 3.8) is 0 Å². The highest BCUT2D eigenvalue weighted by Crippen LogP contribution is 2.12. The zero-order valence-electron chi connectivity index (χ0n) is 11.0. The van der Waals surface area contributed by atoms with Crippen molar-refractivity contribution in [2.45, 2.75) is 6.92 Å². The fourth-order valence-corrected chi connectivity index (χ4v) is 1.71. The van der Waals surface area contributed by atoms with Gasteiger partial charge < -0.3 is 5.32 Å². The largest absolute Gasteiger partial charge is 0.322 e. The number of nitrogens with one attached hydrogen (secondary N) is 1. The topological polar surface area (TPSA) is 59.1 Å². The van der Waals surface area contributed by atoms with Crippen molar-refractivity contribution in [3.05, 3.63) is 65.5 Å². The number of benzene rings is 1. The molecule has 0 aliphatic carbocycles. The highest BCUT2D eigenvalue weighted by atomic mass is 16.1. The number of carbonyl (C=O) groups excluding carboxylic acids is 2. The van der Waals surface area contributed by atoms with E-state index in [0.717, 1.165) is 5.69 Å². The second-order valence-electron chi connectivity index (χ2n) is 4.23. The maximum absolute atomic E-state index is 11.8. The van der Waals surface area contributed by atoms with E-state index in [-0.39, 0.29) is 5.91 Å². The molecule has 100 valence electrons. The number of hydrogen-bond acceptors (Lipinski definition) is 3. The van der Waals surface area contributed by atoms with Crippen molar-refractivity contribution in [2.75, 3.05) is 5.32 Å².